The van der Waals surface area contributed by atoms with E-state index < -0.39 is 47.4 Å². The maximum Gasteiger partial charge on any atom is 0.313 e. The molecule has 13 heteroatoms. The summed E-state index contributed by atoms with van der Waals surface area (Å²) in [5.41, 5.74) is 3.52. The molecule has 4 atom stereocenters. The number of carbonyl (C=O) groups is 2. The minimum atomic E-state index is -2.20. The van der Waals surface area contributed by atoms with E-state index in [1.54, 1.807) is 41.7 Å². The highest BCUT2D eigenvalue weighted by Crippen LogP contribution is 2.44. The van der Waals surface area contributed by atoms with Crippen LogP contribution in [0.4, 0.5) is 16.2 Å². The molecule has 1 aliphatic rings. The number of fused-ring (bicyclic) bond motifs is 1. The largest absolute Gasteiger partial charge is 0.456 e. The van der Waals surface area contributed by atoms with E-state index in [1.165, 1.54) is 17.8 Å². The summed E-state index contributed by atoms with van der Waals surface area (Å²) in [6.07, 6.45) is -2.24. The number of nitrogens with two attached hydrogens (primary N) is 1. The van der Waals surface area contributed by atoms with Gasteiger partial charge in [0.05, 0.1) is 24.3 Å². The van der Waals surface area contributed by atoms with Gasteiger partial charge < -0.3 is 30.0 Å². The van der Waals surface area contributed by atoms with Gasteiger partial charge in [0.15, 0.2) is 41.8 Å². The van der Waals surface area contributed by atoms with Gasteiger partial charge in [-0.15, -0.1) is 0 Å². The topological polar surface area (TPSA) is 153 Å². The van der Waals surface area contributed by atoms with Gasteiger partial charge in [-0.1, -0.05) is 13.8 Å². The maximum absolute atomic E-state index is 16.3. The Bertz CT molecular complexity index is 1080. The van der Waals surface area contributed by atoms with Gasteiger partial charge in [-0.05, 0) is 27.7 Å². The minimum absolute atomic E-state index is 0.0366. The first-order chi connectivity index (χ1) is 16.3. The fourth-order valence-electron chi connectivity index (χ4n) is 3.55. The monoisotopic (exact) mass is 496 g/mol. The minimum Gasteiger partial charge on any atom is -0.456 e. The Labute approximate surface area is 202 Å². The summed E-state index contributed by atoms with van der Waals surface area (Å²) in [6, 6.07) is 0. The molecule has 0 amide bonds. The first-order valence-electron chi connectivity index (χ1n) is 11.2. The number of carbonyl (C=O) groups excluding carboxylic acids is 2. The van der Waals surface area contributed by atoms with Crippen molar-refractivity contribution in [3.05, 3.63) is 6.33 Å². The number of hydrogen-bond donors (Lipinski definition) is 2. The molecule has 0 saturated carbocycles. The second kappa shape index (κ2) is 9.90. The molecule has 2 aromatic heterocycles. The fourth-order valence-corrected chi connectivity index (χ4v) is 3.55. The number of halogens is 1. The maximum atomic E-state index is 16.3. The molecular formula is C22H33FN6O6. The van der Waals surface area contributed by atoms with Gasteiger partial charge >= 0.3 is 11.9 Å². The first kappa shape index (κ1) is 26.5. The summed E-state index contributed by atoms with van der Waals surface area (Å²) >= 11 is 0. The number of nitrogen functional groups attached to an aromatic ring is 1. The number of esters is 2. The van der Waals surface area contributed by atoms with E-state index in [-0.39, 0.29) is 25.0 Å². The highest BCUT2D eigenvalue weighted by atomic mass is 19.1. The van der Waals surface area contributed by atoms with Crippen LogP contribution >= 0.6 is 0 Å². The normalized spacial score (nSPS) is 24.7. The Morgan fingerprint density at radius 2 is 2.03 bits per heavy atom. The quantitative estimate of drug-likeness (QED) is 0.314. The predicted molar refractivity (Wildman–Crippen MR) is 124 cm³/mol. The Kier molecular flexibility index (Phi) is 7.50. The number of anilines is 2. The summed E-state index contributed by atoms with van der Waals surface area (Å²) in [6.45, 7) is 9.12. The lowest BCUT2D eigenvalue weighted by molar-refractivity contribution is -0.173. The van der Waals surface area contributed by atoms with Crippen LogP contribution in [0.2, 0.25) is 0 Å². The lowest BCUT2D eigenvalue weighted by Gasteiger charge is -2.28. The van der Waals surface area contributed by atoms with Gasteiger partial charge in [0.25, 0.3) is 0 Å². The van der Waals surface area contributed by atoms with Crippen LogP contribution in [-0.2, 0) is 28.5 Å². The molecular weight excluding hydrogens is 463 g/mol. The average Bonchev–Trinajstić information content (AvgIpc) is 3.28. The summed E-state index contributed by atoms with van der Waals surface area (Å²) < 4.78 is 39.7. The summed E-state index contributed by atoms with van der Waals surface area (Å²) in [5.74, 6) is -1.20. The van der Waals surface area contributed by atoms with Gasteiger partial charge in [-0.25, -0.2) is 9.37 Å². The molecule has 3 N–H and O–H groups in total. The first-order valence-corrected chi connectivity index (χ1v) is 11.2. The smallest absolute Gasteiger partial charge is 0.313 e. The molecule has 194 valence electrons. The molecule has 0 bridgehead atoms. The molecule has 1 fully saturated rings. The number of rotatable bonds is 8. The van der Waals surface area contributed by atoms with E-state index in [2.05, 4.69) is 20.3 Å². The molecule has 12 nitrogen and oxygen atoms in total. The van der Waals surface area contributed by atoms with Crippen LogP contribution in [0.1, 0.15) is 47.8 Å². The van der Waals surface area contributed by atoms with Gasteiger partial charge in [0, 0.05) is 7.05 Å². The number of aromatic nitrogens is 4. The second-order valence-corrected chi connectivity index (χ2v) is 9.87. The highest BCUT2D eigenvalue weighted by Gasteiger charge is 2.58. The lowest BCUT2D eigenvalue weighted by Crippen LogP contribution is -2.45. The fraction of sp³-hybridized carbons (Fsp3) is 0.682. The van der Waals surface area contributed by atoms with Crippen molar-refractivity contribution in [3.8, 4) is 0 Å². The number of alkyl halides is 1. The molecule has 1 aliphatic heterocycles. The summed E-state index contributed by atoms with van der Waals surface area (Å²) in [4.78, 5) is 36.9. The van der Waals surface area contributed by atoms with Crippen LogP contribution in [0.15, 0.2) is 6.33 Å². The second-order valence-electron chi connectivity index (χ2n) is 9.87. The lowest BCUT2D eigenvalue weighted by atomic mass is 9.97. The molecule has 1 saturated heterocycles. The molecule has 0 unspecified atom stereocenters. The van der Waals surface area contributed by atoms with Crippen molar-refractivity contribution in [3.63, 3.8) is 0 Å². The van der Waals surface area contributed by atoms with Crippen LogP contribution in [0.5, 0.6) is 0 Å². The number of hydrogen-bond acceptors (Lipinski definition) is 11. The molecule has 35 heavy (non-hydrogen) atoms. The van der Waals surface area contributed by atoms with Gasteiger partial charge in [-0.2, -0.15) is 9.97 Å². The third kappa shape index (κ3) is 5.45. The zero-order valence-corrected chi connectivity index (χ0v) is 21.0. The van der Waals surface area contributed by atoms with Crippen molar-refractivity contribution in [2.45, 2.75) is 65.6 Å². The predicted octanol–water partition coefficient (Wildman–Crippen LogP) is 2.21. The molecule has 0 spiro atoms. The molecule has 2 aromatic rings. The Morgan fingerprint density at radius 3 is 2.63 bits per heavy atom. The average molecular weight is 497 g/mol. The Balaban J connectivity index is 1.87. The van der Waals surface area contributed by atoms with E-state index in [4.69, 9.17) is 24.7 Å². The third-order valence-electron chi connectivity index (χ3n) is 5.49. The van der Waals surface area contributed by atoms with Crippen LogP contribution in [-0.4, -0.2) is 69.8 Å². The number of ether oxygens (including phenoxy) is 4. The molecule has 0 aromatic carbocycles. The number of imidazole rings is 1. The third-order valence-corrected chi connectivity index (χ3v) is 5.49. The van der Waals surface area contributed by atoms with Crippen molar-refractivity contribution in [1.82, 2.24) is 19.5 Å². The Hall–Kier alpha value is -3.06. The molecule has 0 radical (unpaired) electrons. The number of nitrogens with one attached hydrogen (secondary N) is 1. The van der Waals surface area contributed by atoms with Crippen LogP contribution in [0, 0.1) is 11.3 Å². The van der Waals surface area contributed by atoms with E-state index >= 15 is 4.39 Å². The van der Waals surface area contributed by atoms with Crippen molar-refractivity contribution < 1.29 is 32.9 Å². The SMILES string of the molecule is CNc1nc(N)nc2c1ncn2[C@@H]1O[C@H](COCOC(=O)C(C)(C)C)[C@@H](OC(=O)C(C)C)[C@@]1(C)F. The van der Waals surface area contributed by atoms with Gasteiger partial charge in [0.2, 0.25) is 5.95 Å². The molecule has 3 rings (SSSR count). The Morgan fingerprint density at radius 1 is 1.34 bits per heavy atom. The highest BCUT2D eigenvalue weighted by molar-refractivity contribution is 5.84. The van der Waals surface area contributed by atoms with Crippen molar-refractivity contribution in [2.24, 2.45) is 11.3 Å². The van der Waals surface area contributed by atoms with Gasteiger partial charge in [-0.3, -0.25) is 14.2 Å². The van der Waals surface area contributed by atoms with Crippen LogP contribution in [0.25, 0.3) is 11.2 Å². The van der Waals surface area contributed by atoms with E-state index in [0.29, 0.717) is 11.3 Å². The van der Waals surface area contributed by atoms with Crippen molar-refractivity contribution >= 4 is 34.9 Å². The van der Waals surface area contributed by atoms with Crippen molar-refractivity contribution in [2.75, 3.05) is 31.5 Å². The summed E-state index contributed by atoms with van der Waals surface area (Å²) in [5, 5.41) is 2.87. The van der Waals surface area contributed by atoms with Crippen LogP contribution in [0.3, 0.4) is 0 Å². The van der Waals surface area contributed by atoms with Crippen molar-refractivity contribution in [1.29, 1.82) is 0 Å². The summed E-state index contributed by atoms with van der Waals surface area (Å²) in [7, 11) is 1.65. The molecule has 3 heterocycles. The van der Waals surface area contributed by atoms with E-state index in [1.807, 2.05) is 0 Å². The van der Waals surface area contributed by atoms with Crippen LogP contribution < -0.4 is 11.1 Å². The van der Waals surface area contributed by atoms with E-state index in [0.717, 1.165) is 0 Å². The van der Waals surface area contributed by atoms with Gasteiger partial charge in [0.1, 0.15) is 6.10 Å². The standard InChI is InChI=1S/C22H33FN6O6/c1-11(2)17(30)35-14-12(8-32-10-33-19(31)21(3,4)5)34-18(22(14,6)23)29-9-26-13-15(25-7)27-20(24)28-16(13)29/h9,11-12,14,18H,8,10H2,1-7H3,(H3,24,25,27,28)/t12-,14-,18-,22-/m1/s1. The molecule has 0 aliphatic carbocycles. The van der Waals surface area contributed by atoms with E-state index in [9.17, 15) is 9.59 Å². The zero-order chi connectivity index (χ0) is 26.1. The zero-order valence-electron chi connectivity index (χ0n) is 21.0. The number of nitrogens with zero attached hydrogens (tertiary/aromatic N) is 4.